The molecule has 1 N–H and O–H groups in total. The first-order valence-electron chi connectivity index (χ1n) is 11.6. The van der Waals surface area contributed by atoms with E-state index in [1.165, 1.54) is 11.1 Å². The summed E-state index contributed by atoms with van der Waals surface area (Å²) in [4.78, 5) is 9.06. The number of rotatable bonds is 4. The maximum absolute atomic E-state index is 7.07. The summed E-state index contributed by atoms with van der Waals surface area (Å²) in [5, 5.41) is 4.84. The van der Waals surface area contributed by atoms with Gasteiger partial charge in [-0.3, -0.25) is 4.98 Å². The number of methoxy groups -OCH3 is 1. The minimum Gasteiger partial charge on any atom is -0.497 e. The minimum absolute atomic E-state index is 0.0957. The van der Waals surface area contributed by atoms with Gasteiger partial charge in [0.15, 0.2) is 5.11 Å². The number of thiocarbonyl (C=S) groups is 1. The van der Waals surface area contributed by atoms with E-state index >= 15 is 0 Å². The van der Waals surface area contributed by atoms with Gasteiger partial charge < -0.3 is 19.9 Å². The Morgan fingerprint density at radius 2 is 1.91 bits per heavy atom. The maximum Gasteiger partial charge on any atom is 0.174 e. The molecule has 3 heterocycles. The van der Waals surface area contributed by atoms with Gasteiger partial charge in [0, 0.05) is 41.3 Å². The standard InChI is InChI=1S/C28H29ClN4OS/c1-17-16-28(2,3)32(4)24-15-22(29)21(14-20(17)24)26-25(23-11-6-7-12-30-23)31-27(35)33(26)18-9-8-10-19(13-18)34-5/h6-16,25-26H,1-5H3,(H,31,35)/t25-,26+/m0/s1. The lowest BCUT2D eigenvalue weighted by Gasteiger charge is -2.41. The largest absolute Gasteiger partial charge is 0.497 e. The van der Waals surface area contributed by atoms with Crippen LogP contribution in [0.4, 0.5) is 11.4 Å². The van der Waals surface area contributed by atoms with E-state index in [4.69, 9.17) is 28.6 Å². The van der Waals surface area contributed by atoms with Gasteiger partial charge in [-0.2, -0.15) is 0 Å². The summed E-state index contributed by atoms with van der Waals surface area (Å²) in [6.07, 6.45) is 4.12. The molecule has 0 unspecified atom stereocenters. The number of anilines is 2. The second-order valence-corrected chi connectivity index (χ2v) is 10.4. The highest BCUT2D eigenvalue weighted by Crippen LogP contribution is 2.48. The monoisotopic (exact) mass is 504 g/mol. The number of aromatic nitrogens is 1. The van der Waals surface area contributed by atoms with Gasteiger partial charge in [0.05, 0.1) is 30.4 Å². The van der Waals surface area contributed by atoms with Crippen LogP contribution in [0.3, 0.4) is 0 Å². The SMILES string of the molecule is COc1cccc(N2C(=S)N[C@@H](c3ccccn3)[C@H]2c2cc3c(cc2Cl)N(C)C(C)(C)C=C3C)c1. The van der Waals surface area contributed by atoms with Crippen molar-refractivity contribution in [2.24, 2.45) is 0 Å². The minimum atomic E-state index is -0.199. The number of nitrogens with one attached hydrogen (secondary N) is 1. The number of pyridine rings is 1. The van der Waals surface area contributed by atoms with Gasteiger partial charge in [-0.05, 0) is 80.5 Å². The summed E-state index contributed by atoms with van der Waals surface area (Å²) in [6.45, 7) is 6.59. The number of ether oxygens (including phenoxy) is 1. The van der Waals surface area contributed by atoms with Crippen molar-refractivity contribution in [3.63, 3.8) is 0 Å². The molecular formula is C28H29ClN4OS. The van der Waals surface area contributed by atoms with Gasteiger partial charge in [-0.15, -0.1) is 0 Å². The van der Waals surface area contributed by atoms with Crippen LogP contribution in [-0.4, -0.2) is 29.8 Å². The first kappa shape index (κ1) is 23.6. The predicted molar refractivity (Wildman–Crippen MR) is 149 cm³/mol. The fraction of sp³-hybridized carbons (Fsp3) is 0.286. The van der Waals surface area contributed by atoms with E-state index in [1.54, 1.807) is 7.11 Å². The van der Waals surface area contributed by atoms with Crippen LogP contribution in [0.15, 0.2) is 66.9 Å². The Kier molecular flexibility index (Phi) is 5.98. The van der Waals surface area contributed by atoms with E-state index in [1.807, 2.05) is 48.7 Å². The molecule has 1 aromatic heterocycles. The van der Waals surface area contributed by atoms with Crippen LogP contribution in [0.5, 0.6) is 5.75 Å². The van der Waals surface area contributed by atoms with Crippen molar-refractivity contribution in [2.75, 3.05) is 24.0 Å². The molecule has 7 heteroatoms. The van der Waals surface area contributed by atoms with Crippen LogP contribution in [0.1, 0.15) is 49.7 Å². The quantitative estimate of drug-likeness (QED) is 0.406. The predicted octanol–water partition coefficient (Wildman–Crippen LogP) is 6.55. The molecule has 1 saturated heterocycles. The summed E-state index contributed by atoms with van der Waals surface area (Å²) < 4.78 is 5.50. The lowest BCUT2D eigenvalue weighted by atomic mass is 9.86. The Balaban J connectivity index is 1.70. The molecule has 2 aromatic carbocycles. The number of allylic oxidation sites excluding steroid dienone is 1. The molecule has 0 aliphatic carbocycles. The van der Waals surface area contributed by atoms with Crippen molar-refractivity contribution in [1.29, 1.82) is 0 Å². The third kappa shape index (κ3) is 4.05. The number of nitrogens with zero attached hydrogens (tertiary/aromatic N) is 3. The van der Waals surface area contributed by atoms with Gasteiger partial charge in [-0.1, -0.05) is 29.8 Å². The molecular weight excluding hydrogens is 476 g/mol. The number of fused-ring (bicyclic) bond motifs is 1. The Morgan fingerprint density at radius 3 is 2.63 bits per heavy atom. The molecule has 0 bridgehead atoms. The average Bonchev–Trinajstić information content (AvgIpc) is 3.19. The fourth-order valence-electron chi connectivity index (χ4n) is 5.12. The van der Waals surface area contributed by atoms with E-state index in [0.29, 0.717) is 10.1 Å². The van der Waals surface area contributed by atoms with E-state index in [2.05, 4.69) is 66.1 Å². The van der Waals surface area contributed by atoms with Crippen molar-refractivity contribution in [3.8, 4) is 5.75 Å². The normalized spacial score (nSPS) is 20.9. The topological polar surface area (TPSA) is 40.6 Å². The van der Waals surface area contributed by atoms with Gasteiger partial charge in [0.1, 0.15) is 5.75 Å². The molecule has 1 fully saturated rings. The molecule has 5 rings (SSSR count). The molecule has 2 aliphatic heterocycles. The van der Waals surface area contributed by atoms with Gasteiger partial charge in [-0.25, -0.2) is 0 Å². The second kappa shape index (κ2) is 8.85. The highest BCUT2D eigenvalue weighted by Gasteiger charge is 2.42. The zero-order valence-corrected chi connectivity index (χ0v) is 22.1. The van der Waals surface area contributed by atoms with Gasteiger partial charge in [0.2, 0.25) is 0 Å². The zero-order valence-electron chi connectivity index (χ0n) is 20.5. The summed E-state index contributed by atoms with van der Waals surface area (Å²) in [6, 6.07) is 17.8. The van der Waals surface area contributed by atoms with E-state index in [-0.39, 0.29) is 17.6 Å². The summed E-state index contributed by atoms with van der Waals surface area (Å²) >= 11 is 12.9. The van der Waals surface area contributed by atoms with Crippen LogP contribution in [0, 0.1) is 0 Å². The Labute approximate surface area is 217 Å². The van der Waals surface area contributed by atoms with E-state index < -0.39 is 0 Å². The molecule has 3 aromatic rings. The second-order valence-electron chi connectivity index (χ2n) is 9.63. The third-order valence-corrected chi connectivity index (χ3v) is 7.73. The van der Waals surface area contributed by atoms with Crippen molar-refractivity contribution in [1.82, 2.24) is 10.3 Å². The zero-order chi connectivity index (χ0) is 24.9. The fourth-order valence-corrected chi connectivity index (χ4v) is 5.74. The molecule has 180 valence electrons. The Bertz CT molecular complexity index is 1320. The summed E-state index contributed by atoms with van der Waals surface area (Å²) in [5.41, 5.74) is 6.28. The van der Waals surface area contributed by atoms with Crippen molar-refractivity contribution in [2.45, 2.75) is 38.4 Å². The molecule has 5 nitrogen and oxygen atoms in total. The molecule has 2 atom stereocenters. The van der Waals surface area contributed by atoms with Gasteiger partial charge in [0.25, 0.3) is 0 Å². The Morgan fingerprint density at radius 1 is 1.11 bits per heavy atom. The van der Waals surface area contributed by atoms with Crippen molar-refractivity contribution < 1.29 is 4.74 Å². The number of benzene rings is 2. The van der Waals surface area contributed by atoms with Crippen molar-refractivity contribution >= 4 is 45.9 Å². The lowest BCUT2D eigenvalue weighted by Crippen LogP contribution is -2.42. The van der Waals surface area contributed by atoms with Crippen LogP contribution >= 0.6 is 23.8 Å². The molecule has 0 spiro atoms. The van der Waals surface area contributed by atoms with Crippen LogP contribution < -0.4 is 19.9 Å². The number of hydrogen-bond acceptors (Lipinski definition) is 4. The summed E-state index contributed by atoms with van der Waals surface area (Å²) in [7, 11) is 3.78. The number of hydrogen-bond donors (Lipinski definition) is 1. The smallest absolute Gasteiger partial charge is 0.174 e. The highest BCUT2D eigenvalue weighted by atomic mass is 35.5. The molecule has 0 saturated carbocycles. The van der Waals surface area contributed by atoms with Crippen molar-refractivity contribution in [3.05, 3.63) is 88.7 Å². The first-order valence-corrected chi connectivity index (χ1v) is 12.4. The van der Waals surface area contributed by atoms with E-state index in [0.717, 1.165) is 28.4 Å². The maximum atomic E-state index is 7.07. The van der Waals surface area contributed by atoms with Crippen LogP contribution in [0.25, 0.3) is 5.57 Å². The lowest BCUT2D eigenvalue weighted by molar-refractivity contribution is 0.415. The number of halogens is 1. The van der Waals surface area contributed by atoms with Gasteiger partial charge >= 0.3 is 0 Å². The summed E-state index contributed by atoms with van der Waals surface area (Å²) in [5.74, 6) is 0.768. The molecule has 0 amide bonds. The van der Waals surface area contributed by atoms with Crippen LogP contribution in [-0.2, 0) is 0 Å². The Hall–Kier alpha value is -3.09. The molecule has 2 aliphatic rings. The molecule has 35 heavy (non-hydrogen) atoms. The van der Waals surface area contributed by atoms with E-state index in [9.17, 15) is 0 Å². The molecule has 0 radical (unpaired) electrons. The van der Waals surface area contributed by atoms with Crippen LogP contribution in [0.2, 0.25) is 5.02 Å². The first-order chi connectivity index (χ1) is 16.7. The third-order valence-electron chi connectivity index (χ3n) is 7.08. The average molecular weight is 505 g/mol. The number of likely N-dealkylation sites (N-methyl/N-ethyl adjacent to an activating group) is 1. The highest BCUT2D eigenvalue weighted by molar-refractivity contribution is 7.80.